The lowest BCUT2D eigenvalue weighted by Gasteiger charge is -2.24. The second-order valence-electron chi connectivity index (χ2n) is 4.19. The molecule has 0 aliphatic carbocycles. The summed E-state index contributed by atoms with van der Waals surface area (Å²) in [4.78, 5) is 0. The monoisotopic (exact) mass is 277 g/mol. The van der Waals surface area contributed by atoms with Gasteiger partial charge in [-0.3, -0.25) is 0 Å². The van der Waals surface area contributed by atoms with Gasteiger partial charge in [-0.15, -0.1) is 0 Å². The Bertz CT molecular complexity index is 504. The van der Waals surface area contributed by atoms with Gasteiger partial charge in [0, 0.05) is 11.1 Å². The molecule has 6 heteroatoms. The Morgan fingerprint density at radius 3 is 2.53 bits per heavy atom. The summed E-state index contributed by atoms with van der Waals surface area (Å²) in [7, 11) is -2.88. The summed E-state index contributed by atoms with van der Waals surface area (Å²) in [5.41, 5.74) is 0.374. The van der Waals surface area contributed by atoms with E-state index in [4.69, 9.17) is 11.6 Å². The zero-order valence-electron chi connectivity index (χ0n) is 9.12. The molecule has 1 saturated heterocycles. The maximum Gasteiger partial charge on any atom is 0.150 e. The Morgan fingerprint density at radius 2 is 1.94 bits per heavy atom. The molecule has 1 aromatic carbocycles. The normalized spacial score (nSPS) is 20.1. The molecule has 1 aromatic rings. The van der Waals surface area contributed by atoms with E-state index in [2.05, 4.69) is 5.32 Å². The van der Waals surface area contributed by atoms with Gasteiger partial charge < -0.3 is 5.32 Å². The van der Waals surface area contributed by atoms with Crippen molar-refractivity contribution in [2.24, 2.45) is 0 Å². The van der Waals surface area contributed by atoms with E-state index in [9.17, 15) is 12.8 Å². The highest BCUT2D eigenvalue weighted by atomic mass is 35.5. The summed E-state index contributed by atoms with van der Waals surface area (Å²) in [6.45, 7) is 0. The first-order chi connectivity index (χ1) is 7.96. The topological polar surface area (TPSA) is 46.2 Å². The molecule has 2 rings (SSSR count). The smallest absolute Gasteiger partial charge is 0.150 e. The van der Waals surface area contributed by atoms with Crippen molar-refractivity contribution < 1.29 is 12.8 Å². The van der Waals surface area contributed by atoms with Crippen LogP contribution in [0, 0.1) is 5.82 Å². The van der Waals surface area contributed by atoms with Gasteiger partial charge in [0.25, 0.3) is 0 Å². The molecular formula is C11H13ClFNO2S. The number of benzene rings is 1. The van der Waals surface area contributed by atoms with Crippen molar-refractivity contribution >= 4 is 27.1 Å². The van der Waals surface area contributed by atoms with Crippen LogP contribution in [0.2, 0.25) is 5.02 Å². The van der Waals surface area contributed by atoms with E-state index in [-0.39, 0.29) is 17.5 Å². The lowest BCUT2D eigenvalue weighted by atomic mass is 10.1. The van der Waals surface area contributed by atoms with Crippen molar-refractivity contribution in [1.29, 1.82) is 0 Å². The number of hydrogen-bond donors (Lipinski definition) is 1. The molecular weight excluding hydrogens is 265 g/mol. The summed E-state index contributed by atoms with van der Waals surface area (Å²) >= 11 is 5.65. The Kier molecular flexibility index (Phi) is 3.58. The van der Waals surface area contributed by atoms with E-state index in [1.165, 1.54) is 6.07 Å². The average molecular weight is 278 g/mol. The van der Waals surface area contributed by atoms with Crippen LogP contribution in [0.15, 0.2) is 18.2 Å². The Morgan fingerprint density at radius 1 is 1.29 bits per heavy atom. The fourth-order valence-corrected chi connectivity index (χ4v) is 3.51. The highest BCUT2D eigenvalue weighted by Crippen LogP contribution is 2.22. The van der Waals surface area contributed by atoms with E-state index >= 15 is 0 Å². The molecule has 94 valence electrons. The van der Waals surface area contributed by atoms with Crippen molar-refractivity contribution in [2.75, 3.05) is 16.8 Å². The van der Waals surface area contributed by atoms with E-state index in [0.29, 0.717) is 23.6 Å². The van der Waals surface area contributed by atoms with Crippen LogP contribution in [0.25, 0.3) is 0 Å². The van der Waals surface area contributed by atoms with Gasteiger partial charge in [0.2, 0.25) is 0 Å². The number of hydrogen-bond acceptors (Lipinski definition) is 3. The summed E-state index contributed by atoms with van der Waals surface area (Å²) in [5, 5.41) is 3.36. The largest absolute Gasteiger partial charge is 0.380 e. The van der Waals surface area contributed by atoms with Crippen LogP contribution in [-0.4, -0.2) is 26.0 Å². The van der Waals surface area contributed by atoms with E-state index < -0.39 is 15.7 Å². The van der Waals surface area contributed by atoms with Gasteiger partial charge in [0.15, 0.2) is 0 Å². The van der Waals surface area contributed by atoms with Crippen molar-refractivity contribution in [3.63, 3.8) is 0 Å². The standard InChI is InChI=1S/C11H13ClFNO2S/c12-8-1-2-11(10(13)7-8)14-9-3-5-17(15,16)6-4-9/h1-2,7,9,14H,3-6H2. The highest BCUT2D eigenvalue weighted by Gasteiger charge is 2.23. The number of rotatable bonds is 2. The highest BCUT2D eigenvalue weighted by molar-refractivity contribution is 7.91. The Balaban J connectivity index is 2.02. The predicted octanol–water partition coefficient (Wildman–Crippen LogP) is 2.47. The zero-order chi connectivity index (χ0) is 12.5. The minimum absolute atomic E-state index is 0.00852. The van der Waals surface area contributed by atoms with E-state index in [1.54, 1.807) is 12.1 Å². The molecule has 1 N–H and O–H groups in total. The fourth-order valence-electron chi connectivity index (χ4n) is 1.86. The molecule has 3 nitrogen and oxygen atoms in total. The van der Waals surface area contributed by atoms with Crippen molar-refractivity contribution in [3.05, 3.63) is 29.0 Å². The quantitative estimate of drug-likeness (QED) is 0.903. The second-order valence-corrected chi connectivity index (χ2v) is 6.93. The van der Waals surface area contributed by atoms with Gasteiger partial charge in [0.05, 0.1) is 17.2 Å². The molecule has 17 heavy (non-hydrogen) atoms. The molecule has 0 saturated carbocycles. The minimum Gasteiger partial charge on any atom is -0.380 e. The van der Waals surface area contributed by atoms with Crippen LogP contribution in [0.1, 0.15) is 12.8 Å². The first-order valence-electron chi connectivity index (χ1n) is 5.38. The lowest BCUT2D eigenvalue weighted by molar-refractivity contribution is 0.557. The van der Waals surface area contributed by atoms with Crippen LogP contribution < -0.4 is 5.32 Å². The van der Waals surface area contributed by atoms with Crippen LogP contribution in [0.5, 0.6) is 0 Å². The minimum atomic E-state index is -2.88. The molecule has 0 radical (unpaired) electrons. The molecule has 1 heterocycles. The molecule has 0 unspecified atom stereocenters. The van der Waals surface area contributed by atoms with Gasteiger partial charge in [-0.05, 0) is 31.0 Å². The first kappa shape index (κ1) is 12.6. The van der Waals surface area contributed by atoms with Gasteiger partial charge in [-0.2, -0.15) is 0 Å². The zero-order valence-corrected chi connectivity index (χ0v) is 10.7. The van der Waals surface area contributed by atoms with Crippen molar-refractivity contribution in [2.45, 2.75) is 18.9 Å². The van der Waals surface area contributed by atoms with Crippen LogP contribution in [0.3, 0.4) is 0 Å². The Hall–Kier alpha value is -0.810. The second kappa shape index (κ2) is 4.82. The number of sulfone groups is 1. The van der Waals surface area contributed by atoms with Crippen LogP contribution in [0.4, 0.5) is 10.1 Å². The molecule has 0 bridgehead atoms. The van der Waals surface area contributed by atoms with Crippen LogP contribution in [-0.2, 0) is 9.84 Å². The number of nitrogens with one attached hydrogen (secondary N) is 1. The van der Waals surface area contributed by atoms with E-state index in [0.717, 1.165) is 0 Å². The third-order valence-electron chi connectivity index (χ3n) is 2.85. The van der Waals surface area contributed by atoms with Gasteiger partial charge >= 0.3 is 0 Å². The summed E-state index contributed by atoms with van der Waals surface area (Å²) in [5.74, 6) is -0.0781. The molecule has 0 aromatic heterocycles. The Labute approximate surface area is 105 Å². The lowest BCUT2D eigenvalue weighted by Crippen LogP contribution is -2.32. The molecule has 1 fully saturated rings. The molecule has 0 spiro atoms. The van der Waals surface area contributed by atoms with Crippen molar-refractivity contribution in [1.82, 2.24) is 0 Å². The molecule has 1 aliphatic rings. The summed E-state index contributed by atoms with van der Waals surface area (Å²) < 4.78 is 36.0. The van der Waals surface area contributed by atoms with Gasteiger partial charge in [0.1, 0.15) is 15.7 Å². The first-order valence-corrected chi connectivity index (χ1v) is 7.58. The third kappa shape index (κ3) is 3.33. The van der Waals surface area contributed by atoms with Gasteiger partial charge in [-0.25, -0.2) is 12.8 Å². The van der Waals surface area contributed by atoms with Crippen molar-refractivity contribution in [3.8, 4) is 0 Å². The van der Waals surface area contributed by atoms with Gasteiger partial charge in [-0.1, -0.05) is 11.6 Å². The molecule has 0 atom stereocenters. The maximum absolute atomic E-state index is 13.5. The van der Waals surface area contributed by atoms with E-state index in [1.807, 2.05) is 0 Å². The fraction of sp³-hybridized carbons (Fsp3) is 0.455. The summed E-state index contributed by atoms with van der Waals surface area (Å²) in [6.07, 6.45) is 1.04. The SMILES string of the molecule is O=S1(=O)CCC(Nc2ccc(Cl)cc2F)CC1. The third-order valence-corrected chi connectivity index (χ3v) is 4.80. The average Bonchev–Trinajstić information content (AvgIpc) is 2.25. The predicted molar refractivity (Wildman–Crippen MR) is 66.7 cm³/mol. The van der Waals surface area contributed by atoms with Crippen LogP contribution >= 0.6 is 11.6 Å². The maximum atomic E-state index is 13.5. The number of anilines is 1. The number of halogens is 2. The molecule has 0 amide bonds. The summed E-state index contributed by atoms with van der Waals surface area (Å²) in [6, 6.07) is 4.42. The molecule has 1 aliphatic heterocycles.